The number of carbonyl (C=O) groups is 1. The average Bonchev–Trinajstić information content (AvgIpc) is 3.30. The standard InChI is InChI=1S/C15H15F4N3O/c1-14(8-20,9-2-3-9)22-13(23)7-21-10-4-5-12(16)11(6-10)15(17,18)19/h4-6,9,21H,2-3,7H2,1H3,(H,22,23)/t14-/m1/s1. The van der Waals surface area contributed by atoms with E-state index in [2.05, 4.69) is 10.6 Å². The number of nitriles is 1. The van der Waals surface area contributed by atoms with Crippen LogP contribution < -0.4 is 10.6 Å². The zero-order valence-electron chi connectivity index (χ0n) is 12.3. The molecule has 0 radical (unpaired) electrons. The Bertz CT molecular complexity index is 649. The van der Waals surface area contributed by atoms with Crippen LogP contribution in [0.3, 0.4) is 0 Å². The highest BCUT2D eigenvalue weighted by atomic mass is 19.4. The molecule has 0 spiro atoms. The van der Waals surface area contributed by atoms with Gasteiger partial charge < -0.3 is 10.6 Å². The monoisotopic (exact) mass is 329 g/mol. The van der Waals surface area contributed by atoms with Crippen LogP contribution in [0.4, 0.5) is 23.2 Å². The first-order valence-electron chi connectivity index (χ1n) is 6.98. The molecule has 0 saturated heterocycles. The van der Waals surface area contributed by atoms with Crippen LogP contribution in [0.2, 0.25) is 0 Å². The van der Waals surface area contributed by atoms with E-state index in [0.29, 0.717) is 12.1 Å². The number of anilines is 1. The molecule has 1 saturated carbocycles. The maximum absolute atomic E-state index is 13.2. The fourth-order valence-corrected chi connectivity index (χ4v) is 2.25. The molecule has 1 aliphatic rings. The molecule has 2 N–H and O–H groups in total. The van der Waals surface area contributed by atoms with Crippen LogP contribution in [0, 0.1) is 23.1 Å². The quantitative estimate of drug-likeness (QED) is 0.816. The molecule has 1 aromatic carbocycles. The third-order valence-corrected chi connectivity index (χ3v) is 3.75. The topological polar surface area (TPSA) is 64.9 Å². The molecule has 0 unspecified atom stereocenters. The summed E-state index contributed by atoms with van der Waals surface area (Å²) in [6.45, 7) is 1.30. The normalized spacial score (nSPS) is 17.0. The van der Waals surface area contributed by atoms with Gasteiger partial charge in [0.1, 0.15) is 11.4 Å². The Kier molecular flexibility index (Phi) is 4.50. The fourth-order valence-electron chi connectivity index (χ4n) is 2.25. The summed E-state index contributed by atoms with van der Waals surface area (Å²) in [7, 11) is 0. The van der Waals surface area contributed by atoms with Gasteiger partial charge in [-0.2, -0.15) is 18.4 Å². The maximum atomic E-state index is 13.2. The van der Waals surface area contributed by atoms with E-state index in [9.17, 15) is 22.4 Å². The van der Waals surface area contributed by atoms with E-state index in [4.69, 9.17) is 5.26 Å². The van der Waals surface area contributed by atoms with E-state index in [0.717, 1.165) is 18.9 Å². The van der Waals surface area contributed by atoms with Crippen molar-refractivity contribution in [1.82, 2.24) is 5.32 Å². The summed E-state index contributed by atoms with van der Waals surface area (Å²) in [6.07, 6.45) is -3.11. The maximum Gasteiger partial charge on any atom is 0.419 e. The van der Waals surface area contributed by atoms with Crippen LogP contribution in [0.5, 0.6) is 0 Å². The van der Waals surface area contributed by atoms with E-state index in [1.807, 2.05) is 6.07 Å². The minimum atomic E-state index is -4.81. The number of alkyl halides is 3. The molecule has 1 aromatic rings. The summed E-state index contributed by atoms with van der Waals surface area (Å²) < 4.78 is 51.0. The molecule has 1 atom stereocenters. The van der Waals surface area contributed by atoms with Crippen molar-refractivity contribution in [3.8, 4) is 6.07 Å². The summed E-state index contributed by atoms with van der Waals surface area (Å²) in [6, 6.07) is 4.45. The summed E-state index contributed by atoms with van der Waals surface area (Å²) in [5.41, 5.74) is -2.40. The second-order valence-electron chi connectivity index (χ2n) is 5.68. The van der Waals surface area contributed by atoms with Crippen molar-refractivity contribution in [2.45, 2.75) is 31.5 Å². The van der Waals surface area contributed by atoms with Gasteiger partial charge in [0.2, 0.25) is 5.91 Å². The Morgan fingerprint density at radius 2 is 2.04 bits per heavy atom. The molecule has 2 rings (SSSR count). The van der Waals surface area contributed by atoms with Gasteiger partial charge in [0.25, 0.3) is 0 Å². The number of nitrogens with zero attached hydrogens (tertiary/aromatic N) is 1. The lowest BCUT2D eigenvalue weighted by Gasteiger charge is -2.23. The lowest BCUT2D eigenvalue weighted by molar-refractivity contribution is -0.139. The molecule has 0 heterocycles. The zero-order valence-corrected chi connectivity index (χ0v) is 12.3. The van der Waals surface area contributed by atoms with Crippen molar-refractivity contribution < 1.29 is 22.4 Å². The average molecular weight is 329 g/mol. The molecule has 0 aromatic heterocycles. The van der Waals surface area contributed by atoms with E-state index in [1.54, 1.807) is 6.92 Å². The van der Waals surface area contributed by atoms with Gasteiger partial charge >= 0.3 is 6.18 Å². The molecule has 0 aliphatic heterocycles. The van der Waals surface area contributed by atoms with Crippen LogP contribution >= 0.6 is 0 Å². The molecule has 1 aliphatic carbocycles. The molecule has 0 bridgehead atoms. The molecule has 8 heteroatoms. The minimum absolute atomic E-state index is 0.0287. The molecular weight excluding hydrogens is 314 g/mol. The minimum Gasteiger partial charge on any atom is -0.376 e. The molecule has 124 valence electrons. The summed E-state index contributed by atoms with van der Waals surface area (Å²) >= 11 is 0. The van der Waals surface area contributed by atoms with Crippen LogP contribution in [0.25, 0.3) is 0 Å². The first-order valence-corrected chi connectivity index (χ1v) is 6.98. The molecule has 1 amide bonds. The van der Waals surface area contributed by atoms with Crippen LogP contribution in [-0.2, 0) is 11.0 Å². The number of amides is 1. The van der Waals surface area contributed by atoms with Gasteiger partial charge in [0.15, 0.2) is 0 Å². The second-order valence-corrected chi connectivity index (χ2v) is 5.68. The Morgan fingerprint density at radius 3 is 2.57 bits per heavy atom. The molecule has 4 nitrogen and oxygen atoms in total. The van der Waals surface area contributed by atoms with Gasteiger partial charge in [0, 0.05) is 5.69 Å². The summed E-state index contributed by atoms with van der Waals surface area (Å²) in [4.78, 5) is 11.9. The van der Waals surface area contributed by atoms with Crippen LogP contribution in [0.1, 0.15) is 25.3 Å². The smallest absolute Gasteiger partial charge is 0.376 e. The predicted molar refractivity (Wildman–Crippen MR) is 74.8 cm³/mol. The van der Waals surface area contributed by atoms with E-state index in [-0.39, 0.29) is 18.2 Å². The van der Waals surface area contributed by atoms with Crippen molar-refractivity contribution in [1.29, 1.82) is 5.26 Å². The van der Waals surface area contributed by atoms with Crippen molar-refractivity contribution in [3.63, 3.8) is 0 Å². The fraction of sp³-hybridized carbons (Fsp3) is 0.467. The van der Waals surface area contributed by atoms with Crippen molar-refractivity contribution in [2.75, 3.05) is 11.9 Å². The number of nitrogens with one attached hydrogen (secondary N) is 2. The van der Waals surface area contributed by atoms with Crippen molar-refractivity contribution in [3.05, 3.63) is 29.6 Å². The van der Waals surface area contributed by atoms with Gasteiger partial charge in [0.05, 0.1) is 18.2 Å². The number of benzene rings is 1. The van der Waals surface area contributed by atoms with Gasteiger partial charge in [-0.15, -0.1) is 0 Å². The van der Waals surface area contributed by atoms with Crippen LogP contribution in [-0.4, -0.2) is 18.0 Å². The highest BCUT2D eigenvalue weighted by Crippen LogP contribution is 2.39. The second kappa shape index (κ2) is 6.07. The Balaban J connectivity index is 1.98. The van der Waals surface area contributed by atoms with Crippen molar-refractivity contribution in [2.24, 2.45) is 5.92 Å². The molecule has 1 fully saturated rings. The zero-order chi connectivity index (χ0) is 17.3. The van der Waals surface area contributed by atoms with Crippen LogP contribution in [0.15, 0.2) is 18.2 Å². The Morgan fingerprint density at radius 1 is 1.39 bits per heavy atom. The Hall–Kier alpha value is -2.30. The van der Waals surface area contributed by atoms with E-state index < -0.39 is 29.0 Å². The third kappa shape index (κ3) is 4.12. The SMILES string of the molecule is C[C@](C#N)(NC(=O)CNc1ccc(F)c(C(F)(F)F)c1)C1CC1. The largest absolute Gasteiger partial charge is 0.419 e. The number of hydrogen-bond donors (Lipinski definition) is 2. The first kappa shape index (κ1) is 17.1. The number of halogens is 4. The van der Waals surface area contributed by atoms with E-state index >= 15 is 0 Å². The number of carbonyl (C=O) groups excluding carboxylic acids is 1. The van der Waals surface area contributed by atoms with Gasteiger partial charge in [-0.25, -0.2) is 4.39 Å². The predicted octanol–water partition coefficient (Wildman–Crippen LogP) is 3.06. The Labute approximate surface area is 130 Å². The first-order chi connectivity index (χ1) is 10.7. The lowest BCUT2D eigenvalue weighted by atomic mass is 9.98. The highest BCUT2D eigenvalue weighted by Gasteiger charge is 2.43. The third-order valence-electron chi connectivity index (χ3n) is 3.75. The number of hydrogen-bond acceptors (Lipinski definition) is 3. The van der Waals surface area contributed by atoms with Gasteiger partial charge in [-0.05, 0) is 43.9 Å². The van der Waals surface area contributed by atoms with Gasteiger partial charge in [-0.1, -0.05) is 0 Å². The molecule has 23 heavy (non-hydrogen) atoms. The highest BCUT2D eigenvalue weighted by molar-refractivity contribution is 5.82. The van der Waals surface area contributed by atoms with Gasteiger partial charge in [-0.3, -0.25) is 4.79 Å². The lowest BCUT2D eigenvalue weighted by Crippen LogP contribution is -2.48. The summed E-state index contributed by atoms with van der Waals surface area (Å²) in [5.74, 6) is -1.80. The number of rotatable bonds is 5. The van der Waals surface area contributed by atoms with E-state index in [1.165, 1.54) is 0 Å². The molecular formula is C15H15F4N3O. The van der Waals surface area contributed by atoms with Crippen molar-refractivity contribution >= 4 is 11.6 Å². The summed E-state index contributed by atoms with van der Waals surface area (Å²) in [5, 5.41) is 14.2.